The van der Waals surface area contributed by atoms with Crippen LogP contribution in [0.2, 0.25) is 5.02 Å². The normalized spacial score (nSPS) is 9.83. The lowest BCUT2D eigenvalue weighted by Gasteiger charge is -1.97. The molecule has 0 spiro atoms. The molecule has 0 amide bonds. The molecular weight excluding hydrogens is 201 g/mol. The average Bonchev–Trinajstić information content (AvgIpc) is 2.04. The summed E-state index contributed by atoms with van der Waals surface area (Å²) in [5.41, 5.74) is 0.679. The van der Waals surface area contributed by atoms with Gasteiger partial charge < -0.3 is 0 Å². The van der Waals surface area contributed by atoms with Crippen LogP contribution in [0.25, 0.3) is 0 Å². The highest BCUT2D eigenvalue weighted by atomic mass is 35.5. The summed E-state index contributed by atoms with van der Waals surface area (Å²) in [6, 6.07) is 4.22. The van der Waals surface area contributed by atoms with Gasteiger partial charge in [-0.1, -0.05) is 11.6 Å². The first-order chi connectivity index (χ1) is 5.65. The fourth-order valence-corrected chi connectivity index (χ4v) is 1.30. The van der Waals surface area contributed by atoms with Gasteiger partial charge in [-0.25, -0.2) is 0 Å². The maximum absolute atomic E-state index is 10.3. The van der Waals surface area contributed by atoms with Gasteiger partial charge in [-0.05, 0) is 11.6 Å². The number of halogens is 2. The molecule has 0 aliphatic rings. The molecule has 0 atom stereocenters. The number of non-ortho nitro benzene ring substituents is 1. The standard InChI is InChI=1S/C7H5Cl2NO2/c8-4-5-1-2-6(10(11)12)3-7(5)9/h1-3H,4H2. The zero-order valence-electron chi connectivity index (χ0n) is 5.96. The third kappa shape index (κ3) is 1.87. The third-order valence-corrected chi connectivity index (χ3v) is 2.03. The van der Waals surface area contributed by atoms with E-state index in [1.54, 1.807) is 6.07 Å². The number of rotatable bonds is 2. The molecule has 0 bridgehead atoms. The maximum atomic E-state index is 10.3. The number of benzene rings is 1. The average molecular weight is 206 g/mol. The van der Waals surface area contributed by atoms with Gasteiger partial charge in [0.05, 0.1) is 9.95 Å². The van der Waals surface area contributed by atoms with Crippen LogP contribution in [-0.4, -0.2) is 4.92 Å². The van der Waals surface area contributed by atoms with Crippen molar-refractivity contribution in [1.29, 1.82) is 0 Å². The second kappa shape index (κ2) is 3.74. The van der Waals surface area contributed by atoms with Crippen molar-refractivity contribution in [1.82, 2.24) is 0 Å². The molecule has 0 fully saturated rings. The number of nitro benzene ring substituents is 1. The number of nitro groups is 1. The first-order valence-electron chi connectivity index (χ1n) is 3.14. The van der Waals surface area contributed by atoms with Gasteiger partial charge in [0.15, 0.2) is 0 Å². The minimum atomic E-state index is -0.496. The highest BCUT2D eigenvalue weighted by Crippen LogP contribution is 2.23. The first-order valence-corrected chi connectivity index (χ1v) is 4.05. The molecule has 3 nitrogen and oxygen atoms in total. The monoisotopic (exact) mass is 205 g/mol. The molecule has 1 aromatic rings. The molecule has 0 aliphatic heterocycles. The van der Waals surface area contributed by atoms with Crippen LogP contribution in [0, 0.1) is 10.1 Å². The molecular formula is C7H5Cl2NO2. The zero-order chi connectivity index (χ0) is 9.14. The SMILES string of the molecule is O=[N+]([O-])c1ccc(CCl)c(Cl)c1. The van der Waals surface area contributed by atoms with Gasteiger partial charge in [0.1, 0.15) is 0 Å². The van der Waals surface area contributed by atoms with Crippen molar-refractivity contribution in [3.8, 4) is 0 Å². The largest absolute Gasteiger partial charge is 0.270 e. The molecule has 0 unspecified atom stereocenters. The summed E-state index contributed by atoms with van der Waals surface area (Å²) in [5.74, 6) is 0.261. The minimum Gasteiger partial charge on any atom is -0.258 e. The summed E-state index contributed by atoms with van der Waals surface area (Å²) in [7, 11) is 0. The molecule has 0 saturated heterocycles. The summed E-state index contributed by atoms with van der Waals surface area (Å²) in [4.78, 5) is 9.77. The van der Waals surface area contributed by atoms with E-state index in [-0.39, 0.29) is 11.6 Å². The summed E-state index contributed by atoms with van der Waals surface area (Å²) < 4.78 is 0. The van der Waals surface area contributed by atoms with Crippen molar-refractivity contribution in [2.75, 3.05) is 0 Å². The Balaban J connectivity index is 3.10. The van der Waals surface area contributed by atoms with E-state index in [0.29, 0.717) is 10.6 Å². The molecule has 5 heteroatoms. The molecule has 0 heterocycles. The molecule has 64 valence electrons. The summed E-state index contributed by atoms with van der Waals surface area (Å²) in [6.07, 6.45) is 0. The lowest BCUT2D eigenvalue weighted by atomic mass is 10.2. The Hall–Kier alpha value is -0.800. The quantitative estimate of drug-likeness (QED) is 0.424. The molecule has 12 heavy (non-hydrogen) atoms. The van der Waals surface area contributed by atoms with Crippen molar-refractivity contribution >= 4 is 28.9 Å². The highest BCUT2D eigenvalue weighted by Gasteiger charge is 2.07. The Kier molecular flexibility index (Phi) is 2.89. The van der Waals surface area contributed by atoms with E-state index >= 15 is 0 Å². The third-order valence-electron chi connectivity index (χ3n) is 1.39. The van der Waals surface area contributed by atoms with E-state index in [0.717, 1.165) is 0 Å². The Bertz CT molecular complexity index is 314. The second-order valence-corrected chi connectivity index (χ2v) is 2.84. The van der Waals surface area contributed by atoms with Gasteiger partial charge in [-0.3, -0.25) is 10.1 Å². The van der Waals surface area contributed by atoms with Gasteiger partial charge in [0.25, 0.3) is 5.69 Å². The van der Waals surface area contributed by atoms with Crippen molar-refractivity contribution < 1.29 is 4.92 Å². The fraction of sp³-hybridized carbons (Fsp3) is 0.143. The van der Waals surface area contributed by atoms with Gasteiger partial charge in [-0.2, -0.15) is 0 Å². The Morgan fingerprint density at radius 1 is 1.50 bits per heavy atom. The number of hydrogen-bond donors (Lipinski definition) is 0. The van der Waals surface area contributed by atoms with Crippen molar-refractivity contribution in [3.05, 3.63) is 38.9 Å². The van der Waals surface area contributed by atoms with Crippen molar-refractivity contribution in [2.45, 2.75) is 5.88 Å². The molecule has 0 N–H and O–H groups in total. The zero-order valence-corrected chi connectivity index (χ0v) is 7.47. The van der Waals surface area contributed by atoms with Crippen LogP contribution in [0.4, 0.5) is 5.69 Å². The van der Waals surface area contributed by atoms with E-state index in [2.05, 4.69) is 0 Å². The van der Waals surface area contributed by atoms with E-state index in [9.17, 15) is 10.1 Å². The van der Waals surface area contributed by atoms with Crippen LogP contribution in [-0.2, 0) is 5.88 Å². The van der Waals surface area contributed by atoms with Gasteiger partial charge in [0, 0.05) is 18.0 Å². The van der Waals surface area contributed by atoms with Gasteiger partial charge in [-0.15, -0.1) is 11.6 Å². The van der Waals surface area contributed by atoms with Crippen molar-refractivity contribution in [2.24, 2.45) is 0 Å². The van der Waals surface area contributed by atoms with E-state index < -0.39 is 4.92 Å². The van der Waals surface area contributed by atoms with E-state index in [4.69, 9.17) is 23.2 Å². The number of nitrogens with zero attached hydrogens (tertiary/aromatic N) is 1. The smallest absolute Gasteiger partial charge is 0.258 e. The number of hydrogen-bond acceptors (Lipinski definition) is 2. The molecule has 0 aliphatic carbocycles. The second-order valence-electron chi connectivity index (χ2n) is 2.17. The Labute approximate surface area is 79.1 Å². The van der Waals surface area contributed by atoms with Crippen LogP contribution in [0.5, 0.6) is 0 Å². The highest BCUT2D eigenvalue weighted by molar-refractivity contribution is 6.32. The molecule has 0 aromatic heterocycles. The van der Waals surface area contributed by atoms with Crippen LogP contribution in [0.15, 0.2) is 18.2 Å². The molecule has 1 rings (SSSR count). The summed E-state index contributed by atoms with van der Waals surface area (Å²) >= 11 is 11.2. The van der Waals surface area contributed by atoms with Crippen LogP contribution in [0.3, 0.4) is 0 Å². The summed E-state index contributed by atoms with van der Waals surface area (Å²) in [6.45, 7) is 0. The van der Waals surface area contributed by atoms with Crippen molar-refractivity contribution in [3.63, 3.8) is 0 Å². The lowest BCUT2D eigenvalue weighted by molar-refractivity contribution is -0.384. The predicted molar refractivity (Wildman–Crippen MR) is 47.7 cm³/mol. The Morgan fingerprint density at radius 2 is 2.17 bits per heavy atom. The van der Waals surface area contributed by atoms with E-state index in [1.165, 1.54) is 12.1 Å². The maximum Gasteiger partial charge on any atom is 0.270 e. The summed E-state index contributed by atoms with van der Waals surface area (Å²) in [5, 5.41) is 10.6. The lowest BCUT2D eigenvalue weighted by Crippen LogP contribution is -1.88. The molecule has 0 saturated carbocycles. The molecule has 1 aromatic carbocycles. The topological polar surface area (TPSA) is 43.1 Å². The number of alkyl halides is 1. The first kappa shape index (κ1) is 9.29. The fourth-order valence-electron chi connectivity index (χ4n) is 0.758. The predicted octanol–water partition coefficient (Wildman–Crippen LogP) is 2.99. The minimum absolute atomic E-state index is 0.0196. The van der Waals surface area contributed by atoms with Crippen LogP contribution < -0.4 is 0 Å². The van der Waals surface area contributed by atoms with E-state index in [1.807, 2.05) is 0 Å². The van der Waals surface area contributed by atoms with Crippen LogP contribution >= 0.6 is 23.2 Å². The van der Waals surface area contributed by atoms with Gasteiger partial charge in [0.2, 0.25) is 0 Å². The van der Waals surface area contributed by atoms with Crippen LogP contribution in [0.1, 0.15) is 5.56 Å². The molecule has 0 radical (unpaired) electrons. The Morgan fingerprint density at radius 3 is 2.58 bits per heavy atom. The van der Waals surface area contributed by atoms with Gasteiger partial charge >= 0.3 is 0 Å².